The molecular formula is C10H13N3S2. The van der Waals surface area contributed by atoms with Crippen LogP contribution in [0.4, 0.5) is 5.82 Å². The van der Waals surface area contributed by atoms with Crippen molar-refractivity contribution in [1.82, 2.24) is 4.98 Å². The van der Waals surface area contributed by atoms with E-state index in [9.17, 15) is 0 Å². The Balaban J connectivity index is 2.00. The fourth-order valence-corrected chi connectivity index (χ4v) is 2.76. The third-order valence-corrected chi connectivity index (χ3v) is 3.73. The van der Waals surface area contributed by atoms with E-state index in [2.05, 4.69) is 10.3 Å². The number of hydrogen-bond acceptors (Lipinski definition) is 4. The van der Waals surface area contributed by atoms with Crippen LogP contribution in [-0.2, 0) is 0 Å². The second kappa shape index (κ2) is 4.81. The van der Waals surface area contributed by atoms with Crippen LogP contribution < -0.4 is 11.1 Å². The molecule has 1 unspecified atom stereocenters. The van der Waals surface area contributed by atoms with Crippen LogP contribution >= 0.6 is 24.0 Å². The first-order chi connectivity index (χ1) is 7.25. The number of thioether (sulfide) groups is 1. The van der Waals surface area contributed by atoms with Gasteiger partial charge in [-0.05, 0) is 24.3 Å². The normalized spacial score (nSPS) is 20.1. The van der Waals surface area contributed by atoms with Gasteiger partial charge in [-0.25, -0.2) is 4.98 Å². The lowest BCUT2D eigenvalue weighted by atomic mass is 10.2. The van der Waals surface area contributed by atoms with Crippen LogP contribution in [0.5, 0.6) is 0 Å². The van der Waals surface area contributed by atoms with Crippen molar-refractivity contribution in [3.8, 4) is 0 Å². The number of thiocarbonyl (C=S) groups is 1. The van der Waals surface area contributed by atoms with Gasteiger partial charge in [0.25, 0.3) is 0 Å². The Kier molecular flexibility index (Phi) is 3.43. The van der Waals surface area contributed by atoms with Gasteiger partial charge >= 0.3 is 0 Å². The maximum Gasteiger partial charge on any atom is 0.126 e. The zero-order valence-electron chi connectivity index (χ0n) is 8.27. The molecule has 1 aromatic heterocycles. The minimum absolute atomic E-state index is 0.394. The standard InChI is InChI=1S/C10H13N3S2/c11-10(14)7-1-2-9(12-5-7)13-8-3-4-15-6-8/h1-2,5,8H,3-4,6H2,(H2,11,14)(H,12,13). The summed E-state index contributed by atoms with van der Waals surface area (Å²) in [7, 11) is 0. The highest BCUT2D eigenvalue weighted by atomic mass is 32.2. The van der Waals surface area contributed by atoms with Gasteiger partial charge in [0.05, 0.1) is 0 Å². The third kappa shape index (κ3) is 2.82. The molecule has 1 aliphatic rings. The Morgan fingerprint density at radius 1 is 1.60 bits per heavy atom. The lowest BCUT2D eigenvalue weighted by Gasteiger charge is -2.11. The van der Waals surface area contributed by atoms with Gasteiger partial charge < -0.3 is 11.1 Å². The highest BCUT2D eigenvalue weighted by molar-refractivity contribution is 7.99. The summed E-state index contributed by atoms with van der Waals surface area (Å²) in [5.74, 6) is 3.31. The summed E-state index contributed by atoms with van der Waals surface area (Å²) in [4.78, 5) is 4.67. The molecule has 1 aromatic rings. The van der Waals surface area contributed by atoms with Crippen LogP contribution in [0, 0.1) is 0 Å². The van der Waals surface area contributed by atoms with Crippen LogP contribution in [0.25, 0.3) is 0 Å². The lowest BCUT2D eigenvalue weighted by Crippen LogP contribution is -2.19. The molecule has 2 rings (SSSR count). The molecule has 0 spiro atoms. The van der Waals surface area contributed by atoms with Crippen molar-refractivity contribution >= 4 is 34.8 Å². The number of anilines is 1. The minimum Gasteiger partial charge on any atom is -0.389 e. The number of aromatic nitrogens is 1. The van der Waals surface area contributed by atoms with Gasteiger partial charge in [-0.1, -0.05) is 12.2 Å². The molecule has 0 saturated carbocycles. The molecular weight excluding hydrogens is 226 g/mol. The summed E-state index contributed by atoms with van der Waals surface area (Å²) in [5, 5.41) is 3.39. The molecule has 0 aromatic carbocycles. The van der Waals surface area contributed by atoms with Crippen molar-refractivity contribution in [2.45, 2.75) is 12.5 Å². The second-order valence-electron chi connectivity index (χ2n) is 3.50. The van der Waals surface area contributed by atoms with Crippen LogP contribution in [0.3, 0.4) is 0 Å². The van der Waals surface area contributed by atoms with Crippen molar-refractivity contribution in [1.29, 1.82) is 0 Å². The Morgan fingerprint density at radius 2 is 2.47 bits per heavy atom. The molecule has 15 heavy (non-hydrogen) atoms. The SMILES string of the molecule is NC(=S)c1ccc(NC2CCSC2)nc1. The van der Waals surface area contributed by atoms with E-state index in [1.165, 1.54) is 17.9 Å². The van der Waals surface area contributed by atoms with Gasteiger partial charge in [-0.3, -0.25) is 0 Å². The number of nitrogens with two attached hydrogens (primary N) is 1. The van der Waals surface area contributed by atoms with Gasteiger partial charge in [0.15, 0.2) is 0 Å². The molecule has 3 nitrogen and oxygen atoms in total. The maximum absolute atomic E-state index is 5.50. The van der Waals surface area contributed by atoms with E-state index >= 15 is 0 Å². The topological polar surface area (TPSA) is 50.9 Å². The Labute approximate surface area is 98.8 Å². The molecule has 2 heterocycles. The fourth-order valence-electron chi connectivity index (χ4n) is 1.48. The molecule has 3 N–H and O–H groups in total. The third-order valence-electron chi connectivity index (χ3n) is 2.33. The van der Waals surface area contributed by atoms with Crippen LogP contribution in [-0.4, -0.2) is 27.5 Å². The van der Waals surface area contributed by atoms with E-state index < -0.39 is 0 Å². The van der Waals surface area contributed by atoms with Crippen LogP contribution in [0.2, 0.25) is 0 Å². The molecule has 0 aliphatic carbocycles. The highest BCUT2D eigenvalue weighted by Gasteiger charge is 2.15. The minimum atomic E-state index is 0.394. The summed E-state index contributed by atoms with van der Waals surface area (Å²) < 4.78 is 0. The first kappa shape index (κ1) is 10.7. The summed E-state index contributed by atoms with van der Waals surface area (Å²) in [6.45, 7) is 0. The Bertz CT molecular complexity index is 344. The van der Waals surface area contributed by atoms with E-state index in [1.807, 2.05) is 23.9 Å². The first-order valence-electron chi connectivity index (χ1n) is 4.86. The molecule has 1 aliphatic heterocycles. The lowest BCUT2D eigenvalue weighted by molar-refractivity contribution is 0.807. The summed E-state index contributed by atoms with van der Waals surface area (Å²) >= 11 is 6.84. The van der Waals surface area contributed by atoms with E-state index in [0.717, 1.165) is 11.4 Å². The number of nitrogens with one attached hydrogen (secondary N) is 1. The quantitative estimate of drug-likeness (QED) is 0.785. The van der Waals surface area contributed by atoms with E-state index in [0.29, 0.717) is 11.0 Å². The molecule has 1 saturated heterocycles. The molecule has 1 fully saturated rings. The van der Waals surface area contributed by atoms with Gasteiger partial charge in [0.1, 0.15) is 10.8 Å². The zero-order valence-corrected chi connectivity index (χ0v) is 9.90. The van der Waals surface area contributed by atoms with E-state index in [-0.39, 0.29) is 0 Å². The average molecular weight is 239 g/mol. The highest BCUT2D eigenvalue weighted by Crippen LogP contribution is 2.20. The zero-order chi connectivity index (χ0) is 10.7. The number of rotatable bonds is 3. The predicted molar refractivity (Wildman–Crippen MR) is 69.5 cm³/mol. The van der Waals surface area contributed by atoms with Crippen molar-refractivity contribution in [2.24, 2.45) is 5.73 Å². The Hall–Kier alpha value is -0.810. The molecule has 5 heteroatoms. The van der Waals surface area contributed by atoms with E-state index in [1.54, 1.807) is 6.20 Å². The van der Waals surface area contributed by atoms with E-state index in [4.69, 9.17) is 18.0 Å². The van der Waals surface area contributed by atoms with Crippen molar-refractivity contribution in [3.63, 3.8) is 0 Å². The number of nitrogens with zero attached hydrogens (tertiary/aromatic N) is 1. The molecule has 0 amide bonds. The maximum atomic E-state index is 5.50. The summed E-state index contributed by atoms with van der Waals surface area (Å²) in [6.07, 6.45) is 2.93. The first-order valence-corrected chi connectivity index (χ1v) is 6.42. The Morgan fingerprint density at radius 3 is 3.00 bits per heavy atom. The van der Waals surface area contributed by atoms with Crippen molar-refractivity contribution in [3.05, 3.63) is 23.9 Å². The summed E-state index contributed by atoms with van der Waals surface area (Å²) in [5.41, 5.74) is 6.31. The van der Waals surface area contributed by atoms with Gasteiger partial charge in [0, 0.05) is 23.6 Å². The summed E-state index contributed by atoms with van der Waals surface area (Å²) in [6, 6.07) is 4.38. The van der Waals surface area contributed by atoms with Gasteiger partial charge in [0.2, 0.25) is 0 Å². The largest absolute Gasteiger partial charge is 0.389 e. The molecule has 80 valence electrons. The van der Waals surface area contributed by atoms with Crippen molar-refractivity contribution in [2.75, 3.05) is 16.8 Å². The average Bonchev–Trinajstić information content (AvgIpc) is 2.71. The predicted octanol–water partition coefficient (Wildman–Crippen LogP) is 1.63. The molecule has 0 radical (unpaired) electrons. The molecule has 0 bridgehead atoms. The van der Waals surface area contributed by atoms with Crippen LogP contribution in [0.15, 0.2) is 18.3 Å². The molecule has 1 atom stereocenters. The van der Waals surface area contributed by atoms with Gasteiger partial charge in [-0.15, -0.1) is 0 Å². The monoisotopic (exact) mass is 239 g/mol. The van der Waals surface area contributed by atoms with Gasteiger partial charge in [-0.2, -0.15) is 11.8 Å². The van der Waals surface area contributed by atoms with Crippen LogP contribution in [0.1, 0.15) is 12.0 Å². The number of hydrogen-bond donors (Lipinski definition) is 2. The van der Waals surface area contributed by atoms with Crippen molar-refractivity contribution < 1.29 is 0 Å². The smallest absolute Gasteiger partial charge is 0.126 e. The second-order valence-corrected chi connectivity index (χ2v) is 5.09. The fraction of sp³-hybridized carbons (Fsp3) is 0.400. The number of pyridine rings is 1.